The maximum Gasteiger partial charge on any atom is 0.305 e. The minimum atomic E-state index is -0.823. The predicted octanol–water partition coefficient (Wildman–Crippen LogP) is 0.985. The van der Waals surface area contributed by atoms with Crippen molar-refractivity contribution in [3.8, 4) is 0 Å². The smallest absolute Gasteiger partial charge is 0.305 e. The molecule has 0 fully saturated rings. The minimum Gasteiger partial charge on any atom is -0.481 e. The third-order valence-corrected chi connectivity index (χ3v) is 2.13. The van der Waals surface area contributed by atoms with E-state index in [0.29, 0.717) is 24.7 Å². The number of carbonyl (C=O) groups is 1. The topological polar surface area (TPSA) is 78.4 Å². The van der Waals surface area contributed by atoms with Crippen molar-refractivity contribution in [1.29, 1.82) is 0 Å². The highest BCUT2D eigenvalue weighted by Crippen LogP contribution is 2.12. The Morgan fingerprint density at radius 3 is 3.06 bits per heavy atom. The van der Waals surface area contributed by atoms with Gasteiger partial charge in [0.05, 0.1) is 6.42 Å². The first-order valence-electron chi connectivity index (χ1n) is 5.23. The summed E-state index contributed by atoms with van der Waals surface area (Å²) in [5, 5.41) is 11.6. The molecule has 0 spiro atoms. The number of nitrogens with zero attached hydrogens (tertiary/aromatic N) is 3. The molecular weight excluding hydrogens is 220 g/mol. The molecule has 0 aliphatic carbocycles. The molecule has 0 aliphatic rings. The van der Waals surface area contributed by atoms with Crippen molar-refractivity contribution in [2.45, 2.75) is 6.42 Å². The van der Waals surface area contributed by atoms with E-state index < -0.39 is 5.97 Å². The van der Waals surface area contributed by atoms with Gasteiger partial charge in [0.25, 0.3) is 0 Å². The molecule has 0 atom stereocenters. The largest absolute Gasteiger partial charge is 0.481 e. The summed E-state index contributed by atoms with van der Waals surface area (Å²) in [6, 6.07) is 1.77. The van der Waals surface area contributed by atoms with Crippen molar-refractivity contribution < 1.29 is 9.90 Å². The molecule has 0 radical (unpaired) electrons. The second kappa shape index (κ2) is 6.47. The molecule has 6 nitrogen and oxygen atoms in total. The van der Waals surface area contributed by atoms with Gasteiger partial charge in [0.1, 0.15) is 18.0 Å². The summed E-state index contributed by atoms with van der Waals surface area (Å²) in [5.74, 6) is 0.556. The summed E-state index contributed by atoms with van der Waals surface area (Å²) in [6.07, 6.45) is 3.25. The van der Waals surface area contributed by atoms with Crippen LogP contribution in [0.2, 0.25) is 0 Å². The summed E-state index contributed by atoms with van der Waals surface area (Å²) >= 11 is 0. The summed E-state index contributed by atoms with van der Waals surface area (Å²) in [4.78, 5) is 20.4. The van der Waals surface area contributed by atoms with E-state index in [0.717, 1.165) is 0 Å². The van der Waals surface area contributed by atoms with E-state index >= 15 is 0 Å². The minimum absolute atomic E-state index is 0.0793. The second-order valence-electron chi connectivity index (χ2n) is 3.50. The molecule has 0 aliphatic heterocycles. The van der Waals surface area contributed by atoms with Gasteiger partial charge in [-0.2, -0.15) is 0 Å². The second-order valence-corrected chi connectivity index (χ2v) is 3.50. The lowest BCUT2D eigenvalue weighted by Gasteiger charge is -2.17. The number of hydrogen-bond donors (Lipinski definition) is 2. The number of carboxylic acid groups (broad SMARTS) is 1. The standard InChI is InChI=1S/C11H16N4O2/c1-3-5-12-9-7-10(14-8-13-9)15(2)6-4-11(16)17/h3,7-8H,1,4-6H2,2H3,(H,16,17)(H,12,13,14). The first kappa shape index (κ1) is 13.0. The van der Waals surface area contributed by atoms with Gasteiger partial charge in [-0.1, -0.05) is 6.08 Å². The van der Waals surface area contributed by atoms with Gasteiger partial charge in [-0.3, -0.25) is 4.79 Å². The van der Waals surface area contributed by atoms with E-state index in [1.807, 2.05) is 0 Å². The van der Waals surface area contributed by atoms with Crippen LogP contribution in [-0.2, 0) is 4.79 Å². The van der Waals surface area contributed by atoms with Gasteiger partial charge >= 0.3 is 5.97 Å². The van der Waals surface area contributed by atoms with Crippen LogP contribution in [-0.4, -0.2) is 41.2 Å². The molecule has 0 amide bonds. The molecule has 1 heterocycles. The SMILES string of the molecule is C=CCNc1cc(N(C)CCC(=O)O)ncn1. The van der Waals surface area contributed by atoms with Crippen molar-refractivity contribution in [3.05, 3.63) is 25.0 Å². The number of rotatable bonds is 7. The predicted molar refractivity (Wildman–Crippen MR) is 66.2 cm³/mol. The fourth-order valence-corrected chi connectivity index (χ4v) is 1.21. The Bertz CT molecular complexity index is 395. The first-order chi connectivity index (χ1) is 8.13. The zero-order chi connectivity index (χ0) is 12.7. The molecule has 2 N–H and O–H groups in total. The van der Waals surface area contributed by atoms with E-state index in [-0.39, 0.29) is 6.42 Å². The Morgan fingerprint density at radius 2 is 2.41 bits per heavy atom. The molecule has 6 heteroatoms. The Hall–Kier alpha value is -2.11. The molecule has 0 saturated carbocycles. The van der Waals surface area contributed by atoms with Crippen molar-refractivity contribution in [1.82, 2.24) is 9.97 Å². The third kappa shape index (κ3) is 4.50. The van der Waals surface area contributed by atoms with Crippen LogP contribution < -0.4 is 10.2 Å². The van der Waals surface area contributed by atoms with Crippen molar-refractivity contribution in [2.75, 3.05) is 30.4 Å². The Labute approximate surface area is 100 Å². The van der Waals surface area contributed by atoms with Crippen molar-refractivity contribution in [2.24, 2.45) is 0 Å². The highest BCUT2D eigenvalue weighted by atomic mass is 16.4. The van der Waals surface area contributed by atoms with Gasteiger partial charge in [-0.25, -0.2) is 9.97 Å². The van der Waals surface area contributed by atoms with Gasteiger partial charge in [0.2, 0.25) is 0 Å². The lowest BCUT2D eigenvalue weighted by atomic mass is 10.4. The number of hydrogen-bond acceptors (Lipinski definition) is 5. The number of aromatic nitrogens is 2. The highest BCUT2D eigenvalue weighted by molar-refractivity contribution is 5.67. The molecule has 0 saturated heterocycles. The normalized spacial score (nSPS) is 9.71. The van der Waals surface area contributed by atoms with Gasteiger partial charge in [0, 0.05) is 26.2 Å². The van der Waals surface area contributed by atoms with Gasteiger partial charge in [-0.15, -0.1) is 6.58 Å². The van der Waals surface area contributed by atoms with Gasteiger partial charge in [-0.05, 0) is 0 Å². The molecule has 1 rings (SSSR count). The lowest BCUT2D eigenvalue weighted by Crippen LogP contribution is -2.22. The third-order valence-electron chi connectivity index (χ3n) is 2.13. The number of anilines is 2. The van der Waals surface area contributed by atoms with E-state index in [2.05, 4.69) is 21.9 Å². The number of carboxylic acids is 1. The van der Waals surface area contributed by atoms with E-state index in [9.17, 15) is 4.79 Å². The number of nitrogens with one attached hydrogen (secondary N) is 1. The van der Waals surface area contributed by atoms with Crippen molar-refractivity contribution >= 4 is 17.6 Å². The average Bonchev–Trinajstić information content (AvgIpc) is 2.33. The van der Waals surface area contributed by atoms with Crippen LogP contribution in [0.25, 0.3) is 0 Å². The molecule has 0 unspecified atom stereocenters. The van der Waals surface area contributed by atoms with Gasteiger partial charge in [0.15, 0.2) is 0 Å². The van der Waals surface area contributed by atoms with Crippen LogP contribution >= 0.6 is 0 Å². The molecule has 92 valence electrons. The van der Waals surface area contributed by atoms with Crippen LogP contribution in [0.4, 0.5) is 11.6 Å². The van der Waals surface area contributed by atoms with Crippen LogP contribution in [0.5, 0.6) is 0 Å². The zero-order valence-corrected chi connectivity index (χ0v) is 9.76. The fourth-order valence-electron chi connectivity index (χ4n) is 1.21. The van der Waals surface area contributed by atoms with E-state index in [4.69, 9.17) is 5.11 Å². The summed E-state index contributed by atoms with van der Waals surface area (Å²) in [7, 11) is 1.79. The van der Waals surface area contributed by atoms with Crippen LogP contribution in [0.3, 0.4) is 0 Å². The summed E-state index contributed by atoms with van der Waals surface area (Å²) in [5.41, 5.74) is 0. The first-order valence-corrected chi connectivity index (χ1v) is 5.23. The monoisotopic (exact) mass is 236 g/mol. The molecule has 0 aromatic carbocycles. The maximum absolute atomic E-state index is 10.5. The average molecular weight is 236 g/mol. The summed E-state index contributed by atoms with van der Waals surface area (Å²) in [6.45, 7) is 4.63. The van der Waals surface area contributed by atoms with Crippen molar-refractivity contribution in [3.63, 3.8) is 0 Å². The highest BCUT2D eigenvalue weighted by Gasteiger charge is 2.06. The fraction of sp³-hybridized carbons (Fsp3) is 0.364. The molecule has 17 heavy (non-hydrogen) atoms. The molecule has 1 aromatic rings. The molecular formula is C11H16N4O2. The van der Waals surface area contributed by atoms with Gasteiger partial charge < -0.3 is 15.3 Å². The van der Waals surface area contributed by atoms with Crippen LogP contribution in [0, 0.1) is 0 Å². The molecule has 1 aromatic heterocycles. The van der Waals surface area contributed by atoms with E-state index in [1.54, 1.807) is 24.1 Å². The van der Waals surface area contributed by atoms with Crippen LogP contribution in [0.1, 0.15) is 6.42 Å². The quantitative estimate of drug-likeness (QED) is 0.687. The molecule has 0 bridgehead atoms. The lowest BCUT2D eigenvalue weighted by molar-refractivity contribution is -0.136. The Morgan fingerprint density at radius 1 is 1.65 bits per heavy atom. The maximum atomic E-state index is 10.5. The Kier molecular flexibility index (Phi) is 4.93. The number of aliphatic carboxylic acids is 1. The van der Waals surface area contributed by atoms with E-state index in [1.165, 1.54) is 6.33 Å². The Balaban J connectivity index is 2.62. The zero-order valence-electron chi connectivity index (χ0n) is 9.76. The van der Waals surface area contributed by atoms with Crippen LogP contribution in [0.15, 0.2) is 25.0 Å². The summed E-state index contributed by atoms with van der Waals surface area (Å²) < 4.78 is 0.